The monoisotopic (exact) mass is 503 g/mol. The second-order valence-electron chi connectivity index (χ2n) is 7.70. The third kappa shape index (κ3) is 3.53. The molecule has 0 saturated heterocycles. The molecule has 11 nitrogen and oxygen atoms in total. The largest absolute Gasteiger partial charge is 0.504 e. The van der Waals surface area contributed by atoms with Gasteiger partial charge in [0.2, 0.25) is 0 Å². The molecule has 1 amide bonds. The lowest BCUT2D eigenvalue weighted by atomic mass is 9.99. The Labute approximate surface area is 198 Å². The maximum Gasteiger partial charge on any atom is 0.504 e. The molecule has 5 aromatic rings. The topological polar surface area (TPSA) is 123 Å². The number of amides is 1. The van der Waals surface area contributed by atoms with Crippen molar-refractivity contribution in [2.24, 2.45) is 0 Å². The lowest BCUT2D eigenvalue weighted by molar-refractivity contribution is -0.212. The molecular weight excluding hydrogens is 491 g/mol. The van der Waals surface area contributed by atoms with E-state index in [2.05, 4.69) is 30.4 Å². The highest BCUT2D eigenvalue weighted by atomic mass is 35.5. The number of hydrogen-bond acceptors (Lipinski definition) is 7. The van der Waals surface area contributed by atoms with E-state index in [1.54, 1.807) is 28.9 Å². The number of carbonyl (C=O) groups excluding carboxylic acids is 1. The fraction of sp³-hybridized carbons (Fsp3) is 0.200. The number of hydrogen-bond donors (Lipinski definition) is 1. The van der Waals surface area contributed by atoms with Gasteiger partial charge in [-0.1, -0.05) is 11.6 Å². The number of aromatic nitrogens is 8. The highest BCUT2D eigenvalue weighted by Gasteiger charge is 2.38. The summed E-state index contributed by atoms with van der Waals surface area (Å²) in [6.07, 6.45) is -0.222. The molecule has 0 saturated carbocycles. The first-order chi connectivity index (χ1) is 16.8. The number of carbonyl (C=O) groups is 1. The zero-order valence-electron chi connectivity index (χ0n) is 17.4. The van der Waals surface area contributed by atoms with Crippen LogP contribution in [-0.4, -0.2) is 56.9 Å². The number of fused-ring (bicyclic) bond motifs is 2. The van der Waals surface area contributed by atoms with E-state index in [0.29, 0.717) is 28.3 Å². The van der Waals surface area contributed by atoms with Crippen molar-refractivity contribution in [1.82, 2.24) is 44.5 Å². The van der Waals surface area contributed by atoms with E-state index in [9.17, 15) is 18.0 Å². The first-order valence-electron chi connectivity index (χ1n) is 10.2. The smallest absolute Gasteiger partial charge is 0.411 e. The predicted molar refractivity (Wildman–Crippen MR) is 112 cm³/mol. The molecule has 0 unspecified atom stereocenters. The zero-order chi connectivity index (χ0) is 24.3. The summed E-state index contributed by atoms with van der Waals surface area (Å²) in [7, 11) is 0. The number of nitrogens with zero attached hydrogens (tertiary/aromatic N) is 8. The number of rotatable bonds is 3. The summed E-state index contributed by atoms with van der Waals surface area (Å²) in [4.78, 5) is 22.4. The molecular formula is C20H13ClF3N9O2. The van der Waals surface area contributed by atoms with Gasteiger partial charge in [-0.3, -0.25) is 4.79 Å². The number of H-pyrrole nitrogens is 1. The van der Waals surface area contributed by atoms with Crippen molar-refractivity contribution >= 4 is 23.0 Å². The zero-order valence-corrected chi connectivity index (χ0v) is 18.2. The Balaban J connectivity index is 1.37. The van der Waals surface area contributed by atoms with Crippen molar-refractivity contribution in [2.75, 3.05) is 6.54 Å². The van der Waals surface area contributed by atoms with E-state index in [0.717, 1.165) is 18.0 Å². The fourth-order valence-electron chi connectivity index (χ4n) is 4.04. The molecule has 0 radical (unpaired) electrons. The van der Waals surface area contributed by atoms with Crippen molar-refractivity contribution in [1.29, 1.82) is 0 Å². The maximum atomic E-state index is 13.4. The van der Waals surface area contributed by atoms with Crippen molar-refractivity contribution < 1.29 is 22.4 Å². The van der Waals surface area contributed by atoms with Gasteiger partial charge in [0.1, 0.15) is 11.7 Å². The third-order valence-corrected chi connectivity index (χ3v) is 5.93. The van der Waals surface area contributed by atoms with Gasteiger partial charge in [-0.25, -0.2) is 9.50 Å². The normalized spacial score (nSPS) is 16.1. The van der Waals surface area contributed by atoms with Crippen LogP contribution in [0.4, 0.5) is 13.2 Å². The van der Waals surface area contributed by atoms with Gasteiger partial charge in [0.05, 0.1) is 28.3 Å². The Kier molecular flexibility index (Phi) is 4.67. The Morgan fingerprint density at radius 1 is 1.20 bits per heavy atom. The average Bonchev–Trinajstić information content (AvgIpc) is 3.62. The van der Waals surface area contributed by atoms with Crippen molar-refractivity contribution in [3.8, 4) is 11.6 Å². The molecule has 1 aliphatic rings. The minimum absolute atomic E-state index is 0.192. The van der Waals surface area contributed by atoms with Crippen molar-refractivity contribution in [3.63, 3.8) is 0 Å². The summed E-state index contributed by atoms with van der Waals surface area (Å²) in [5, 5.41) is 15.9. The molecule has 15 heteroatoms. The number of halogens is 4. The molecule has 35 heavy (non-hydrogen) atoms. The van der Waals surface area contributed by atoms with Gasteiger partial charge in [0.15, 0.2) is 0 Å². The Morgan fingerprint density at radius 2 is 2.06 bits per heavy atom. The van der Waals surface area contributed by atoms with Crippen LogP contribution in [0.5, 0.6) is 0 Å². The fourth-order valence-corrected chi connectivity index (χ4v) is 4.26. The highest BCUT2D eigenvalue weighted by Crippen LogP contribution is 2.35. The molecule has 1 atom stereocenters. The van der Waals surface area contributed by atoms with Crippen molar-refractivity contribution in [2.45, 2.75) is 18.8 Å². The number of alkyl halides is 3. The molecule has 0 aromatic carbocycles. The Hall–Kier alpha value is -4.20. The maximum absolute atomic E-state index is 13.4. The lowest BCUT2D eigenvalue weighted by Gasteiger charge is -2.32. The SMILES string of the molecule is O=C(c1nnc(-c2ccn(C(F)(F)F)n2)o1)N1CCc2[nH]cnc2[C@H]1c1cc2c(Cl)cccn2n1. The molecule has 6 rings (SSSR count). The Morgan fingerprint density at radius 3 is 2.83 bits per heavy atom. The van der Waals surface area contributed by atoms with Gasteiger partial charge < -0.3 is 14.3 Å². The molecule has 1 aliphatic heterocycles. The van der Waals surface area contributed by atoms with Crippen LogP contribution in [0.25, 0.3) is 17.1 Å². The molecule has 5 aromatic heterocycles. The van der Waals surface area contributed by atoms with E-state index < -0.39 is 24.1 Å². The number of nitrogens with one attached hydrogen (secondary N) is 1. The molecule has 6 heterocycles. The number of pyridine rings is 1. The third-order valence-electron chi connectivity index (χ3n) is 5.61. The second-order valence-corrected chi connectivity index (χ2v) is 8.11. The predicted octanol–water partition coefficient (Wildman–Crippen LogP) is 3.22. The van der Waals surface area contributed by atoms with E-state index in [-0.39, 0.29) is 22.8 Å². The molecule has 0 fully saturated rings. The van der Waals surface area contributed by atoms with Crippen LogP contribution in [0.2, 0.25) is 5.02 Å². The van der Waals surface area contributed by atoms with Crippen LogP contribution in [0.1, 0.15) is 33.8 Å². The molecule has 178 valence electrons. The quantitative estimate of drug-likeness (QED) is 0.401. The molecule has 0 spiro atoms. The summed E-state index contributed by atoms with van der Waals surface area (Å²) in [6.45, 7) is 0.278. The van der Waals surface area contributed by atoms with Crippen molar-refractivity contribution in [3.05, 3.63) is 71.0 Å². The van der Waals surface area contributed by atoms with E-state index >= 15 is 0 Å². The molecule has 0 bridgehead atoms. The summed E-state index contributed by atoms with van der Waals surface area (Å²) >= 11 is 6.30. The van der Waals surface area contributed by atoms with Crippen LogP contribution in [-0.2, 0) is 12.7 Å². The standard InChI is InChI=1S/C20H13ClF3N9O2/c21-10-2-1-5-32-14(10)8-13(29-32)16-15-11(25-9-26-15)3-6-31(16)19(34)18-28-27-17(35-18)12-4-7-33(30-12)20(22,23)24/h1-2,4-5,7-9,16H,3,6H2,(H,25,26)/t16-/m1/s1. The van der Waals surface area contributed by atoms with Crippen LogP contribution in [0.15, 0.2) is 47.4 Å². The molecule has 0 aliphatic carbocycles. The van der Waals surface area contributed by atoms with Crippen LogP contribution >= 0.6 is 11.6 Å². The number of aromatic amines is 1. The van der Waals surface area contributed by atoms with E-state index in [4.69, 9.17) is 16.0 Å². The lowest BCUT2D eigenvalue weighted by Crippen LogP contribution is -2.41. The summed E-state index contributed by atoms with van der Waals surface area (Å²) in [5.74, 6) is -1.34. The van der Waals surface area contributed by atoms with Crippen LogP contribution < -0.4 is 0 Å². The van der Waals surface area contributed by atoms with Crippen LogP contribution in [0, 0.1) is 0 Å². The van der Waals surface area contributed by atoms with Gasteiger partial charge in [-0.2, -0.15) is 14.9 Å². The Bertz CT molecular complexity index is 1570. The second kappa shape index (κ2) is 7.66. The first-order valence-corrected chi connectivity index (χ1v) is 10.6. The van der Waals surface area contributed by atoms with E-state index in [1.165, 1.54) is 11.2 Å². The number of imidazole rings is 1. The summed E-state index contributed by atoms with van der Waals surface area (Å²) in [5.41, 5.74) is 2.41. The minimum atomic E-state index is -4.70. The van der Waals surface area contributed by atoms with Gasteiger partial charge in [0.25, 0.3) is 5.89 Å². The van der Waals surface area contributed by atoms with Gasteiger partial charge in [-0.15, -0.1) is 23.4 Å². The van der Waals surface area contributed by atoms with Gasteiger partial charge >= 0.3 is 18.1 Å². The van der Waals surface area contributed by atoms with Gasteiger partial charge in [0, 0.05) is 31.1 Å². The first kappa shape index (κ1) is 21.3. The van der Waals surface area contributed by atoms with E-state index in [1.807, 2.05) is 0 Å². The summed E-state index contributed by atoms with van der Waals surface area (Å²) < 4.78 is 45.3. The van der Waals surface area contributed by atoms with Crippen LogP contribution in [0.3, 0.4) is 0 Å². The van der Waals surface area contributed by atoms with Gasteiger partial charge in [-0.05, 0) is 24.3 Å². The average molecular weight is 504 g/mol. The summed E-state index contributed by atoms with van der Waals surface area (Å²) in [6, 6.07) is 5.62. The minimum Gasteiger partial charge on any atom is -0.411 e. The molecule has 1 N–H and O–H groups in total. The highest BCUT2D eigenvalue weighted by molar-refractivity contribution is 6.33.